The first-order chi connectivity index (χ1) is 9.29. The van der Waals surface area contributed by atoms with Gasteiger partial charge >= 0.3 is 0 Å². The van der Waals surface area contributed by atoms with Gasteiger partial charge in [0, 0.05) is 6.61 Å². The van der Waals surface area contributed by atoms with E-state index in [-0.39, 0.29) is 12.7 Å². The third-order valence-electron chi connectivity index (χ3n) is 3.87. The Balaban J connectivity index is 1.80. The van der Waals surface area contributed by atoms with Gasteiger partial charge < -0.3 is 14.9 Å². The number of hydrogen-bond acceptors (Lipinski definition) is 3. The van der Waals surface area contributed by atoms with Crippen molar-refractivity contribution in [3.8, 4) is 5.75 Å². The van der Waals surface area contributed by atoms with Crippen LogP contribution in [0.1, 0.15) is 37.7 Å². The summed E-state index contributed by atoms with van der Waals surface area (Å²) in [7, 11) is 0. The molecule has 0 heterocycles. The Bertz CT molecular complexity index is 372. The van der Waals surface area contributed by atoms with Gasteiger partial charge in [0.05, 0.1) is 6.10 Å². The van der Waals surface area contributed by atoms with Crippen LogP contribution < -0.4 is 4.74 Å². The Kier molecular flexibility index (Phi) is 5.67. The summed E-state index contributed by atoms with van der Waals surface area (Å²) in [6, 6.07) is 7.70. The van der Waals surface area contributed by atoms with Crippen LogP contribution >= 0.6 is 0 Å². The summed E-state index contributed by atoms with van der Waals surface area (Å²) in [6.07, 6.45) is 6.16. The topological polar surface area (TPSA) is 49.7 Å². The highest BCUT2D eigenvalue weighted by atomic mass is 16.5. The van der Waals surface area contributed by atoms with Crippen LogP contribution in [0.3, 0.4) is 0 Å². The molecule has 0 saturated heterocycles. The molecule has 1 aliphatic carbocycles. The zero-order chi connectivity index (χ0) is 13.5. The maximum Gasteiger partial charge on any atom is 0.122 e. The number of hydrogen-bond donors (Lipinski definition) is 2. The molecule has 1 saturated carbocycles. The maximum atomic E-state index is 10.0. The Hall–Kier alpha value is -1.06. The zero-order valence-electron chi connectivity index (χ0n) is 11.4. The molecule has 0 spiro atoms. The lowest BCUT2D eigenvalue weighted by Crippen LogP contribution is -2.20. The molecule has 3 heteroatoms. The van der Waals surface area contributed by atoms with Crippen molar-refractivity contribution in [2.45, 2.75) is 44.6 Å². The minimum atomic E-state index is -0.384. The summed E-state index contributed by atoms with van der Waals surface area (Å²) in [4.78, 5) is 0. The normalized spacial score (nSPS) is 17.6. The average Bonchev–Trinajstić information content (AvgIpc) is 2.91. The van der Waals surface area contributed by atoms with Gasteiger partial charge in [-0.05, 0) is 30.4 Å². The molecule has 1 aliphatic rings. The Labute approximate surface area is 115 Å². The van der Waals surface area contributed by atoms with Crippen LogP contribution in [-0.4, -0.2) is 29.5 Å². The van der Waals surface area contributed by atoms with Gasteiger partial charge in [0.15, 0.2) is 0 Å². The lowest BCUT2D eigenvalue weighted by molar-refractivity contribution is 0.0850. The summed E-state index contributed by atoms with van der Waals surface area (Å²) in [5.41, 5.74) is 0.998. The molecule has 2 rings (SSSR count). The van der Waals surface area contributed by atoms with Crippen molar-refractivity contribution in [2.75, 3.05) is 13.2 Å². The number of para-hydroxylation sites is 1. The summed E-state index contributed by atoms with van der Waals surface area (Å²) >= 11 is 0. The molecule has 1 aromatic rings. The third kappa shape index (κ3) is 4.51. The van der Waals surface area contributed by atoms with Crippen LogP contribution in [0.5, 0.6) is 5.75 Å². The van der Waals surface area contributed by atoms with Gasteiger partial charge in [-0.3, -0.25) is 0 Å². The highest BCUT2D eigenvalue weighted by Crippen LogP contribution is 2.28. The predicted octanol–water partition coefficient (Wildman–Crippen LogP) is 2.54. The standard InChI is InChI=1S/C16H24O3/c17-10-9-14-7-3-4-8-16(14)19-12-15(18)11-13-5-1-2-6-13/h3-4,7-8,13,15,17-18H,1-2,5-6,9-12H2. The van der Waals surface area contributed by atoms with Crippen LogP contribution in [0.25, 0.3) is 0 Å². The second-order valence-corrected chi connectivity index (χ2v) is 5.43. The molecule has 1 aromatic carbocycles. The van der Waals surface area contributed by atoms with Crippen molar-refractivity contribution in [1.29, 1.82) is 0 Å². The van der Waals surface area contributed by atoms with E-state index in [0.717, 1.165) is 17.7 Å². The lowest BCUT2D eigenvalue weighted by Gasteiger charge is -2.17. The largest absolute Gasteiger partial charge is 0.491 e. The van der Waals surface area contributed by atoms with Crippen molar-refractivity contribution < 1.29 is 14.9 Å². The van der Waals surface area contributed by atoms with Gasteiger partial charge in [0.1, 0.15) is 12.4 Å². The Morgan fingerprint density at radius 3 is 2.68 bits per heavy atom. The summed E-state index contributed by atoms with van der Waals surface area (Å²) in [6.45, 7) is 0.462. The number of ether oxygens (including phenoxy) is 1. The molecule has 1 unspecified atom stereocenters. The van der Waals surface area contributed by atoms with Gasteiger partial charge in [-0.1, -0.05) is 43.9 Å². The van der Waals surface area contributed by atoms with E-state index in [1.54, 1.807) is 0 Å². The number of benzene rings is 1. The molecule has 1 fully saturated rings. The van der Waals surface area contributed by atoms with E-state index in [2.05, 4.69) is 0 Å². The number of aliphatic hydroxyl groups is 2. The first kappa shape index (κ1) is 14.4. The fraction of sp³-hybridized carbons (Fsp3) is 0.625. The van der Waals surface area contributed by atoms with E-state index in [1.807, 2.05) is 24.3 Å². The first-order valence-electron chi connectivity index (χ1n) is 7.29. The minimum Gasteiger partial charge on any atom is -0.491 e. The van der Waals surface area contributed by atoms with Crippen molar-refractivity contribution in [3.63, 3.8) is 0 Å². The van der Waals surface area contributed by atoms with Crippen LogP contribution in [0.2, 0.25) is 0 Å². The second-order valence-electron chi connectivity index (χ2n) is 5.43. The van der Waals surface area contributed by atoms with Crippen molar-refractivity contribution >= 4 is 0 Å². The van der Waals surface area contributed by atoms with Crippen LogP contribution in [-0.2, 0) is 6.42 Å². The summed E-state index contributed by atoms with van der Waals surface area (Å²) in [5, 5.41) is 19.0. The quantitative estimate of drug-likeness (QED) is 0.795. The SMILES string of the molecule is OCCc1ccccc1OCC(O)CC1CCCC1. The van der Waals surface area contributed by atoms with Crippen LogP contribution in [0, 0.1) is 5.92 Å². The Morgan fingerprint density at radius 1 is 1.21 bits per heavy atom. The average molecular weight is 264 g/mol. The van der Waals surface area contributed by atoms with Gasteiger partial charge in [-0.15, -0.1) is 0 Å². The van der Waals surface area contributed by atoms with Crippen molar-refractivity contribution in [1.82, 2.24) is 0 Å². The minimum absolute atomic E-state index is 0.116. The van der Waals surface area contributed by atoms with Gasteiger partial charge in [0.2, 0.25) is 0 Å². The van der Waals surface area contributed by atoms with E-state index in [0.29, 0.717) is 18.9 Å². The Morgan fingerprint density at radius 2 is 1.95 bits per heavy atom. The van der Waals surface area contributed by atoms with Crippen LogP contribution in [0.15, 0.2) is 24.3 Å². The molecule has 19 heavy (non-hydrogen) atoms. The van der Waals surface area contributed by atoms with E-state index >= 15 is 0 Å². The van der Waals surface area contributed by atoms with Crippen molar-refractivity contribution in [2.24, 2.45) is 5.92 Å². The summed E-state index contributed by atoms with van der Waals surface area (Å²) in [5.74, 6) is 1.45. The maximum absolute atomic E-state index is 10.0. The third-order valence-corrected chi connectivity index (χ3v) is 3.87. The smallest absolute Gasteiger partial charge is 0.122 e. The van der Waals surface area contributed by atoms with Crippen molar-refractivity contribution in [3.05, 3.63) is 29.8 Å². The van der Waals surface area contributed by atoms with Crippen LogP contribution in [0.4, 0.5) is 0 Å². The monoisotopic (exact) mass is 264 g/mol. The zero-order valence-corrected chi connectivity index (χ0v) is 11.4. The van der Waals surface area contributed by atoms with E-state index in [9.17, 15) is 5.11 Å². The molecule has 3 nitrogen and oxygen atoms in total. The van der Waals surface area contributed by atoms with E-state index in [4.69, 9.17) is 9.84 Å². The molecule has 1 atom stereocenters. The fourth-order valence-corrected chi connectivity index (χ4v) is 2.86. The first-order valence-corrected chi connectivity index (χ1v) is 7.29. The molecule has 2 N–H and O–H groups in total. The molecule has 0 aliphatic heterocycles. The lowest BCUT2D eigenvalue weighted by atomic mass is 10.0. The molecular weight excluding hydrogens is 240 g/mol. The molecular formula is C16H24O3. The molecule has 0 aromatic heterocycles. The van der Waals surface area contributed by atoms with E-state index < -0.39 is 0 Å². The molecule has 0 amide bonds. The second kappa shape index (κ2) is 7.51. The molecule has 106 valence electrons. The highest BCUT2D eigenvalue weighted by molar-refractivity contribution is 5.33. The van der Waals surface area contributed by atoms with Gasteiger partial charge in [-0.2, -0.15) is 0 Å². The number of aliphatic hydroxyl groups excluding tert-OH is 2. The highest BCUT2D eigenvalue weighted by Gasteiger charge is 2.19. The fourth-order valence-electron chi connectivity index (χ4n) is 2.86. The number of rotatable bonds is 7. The molecule has 0 radical (unpaired) electrons. The van der Waals surface area contributed by atoms with Gasteiger partial charge in [-0.25, -0.2) is 0 Å². The molecule has 0 bridgehead atoms. The predicted molar refractivity (Wildman–Crippen MR) is 75.3 cm³/mol. The summed E-state index contributed by atoms with van der Waals surface area (Å²) < 4.78 is 5.70. The van der Waals surface area contributed by atoms with E-state index in [1.165, 1.54) is 25.7 Å². The van der Waals surface area contributed by atoms with Gasteiger partial charge in [0.25, 0.3) is 0 Å².